The zero-order valence-electron chi connectivity index (χ0n) is 15.4. The molecule has 1 aliphatic carbocycles. The van der Waals surface area contributed by atoms with E-state index < -0.39 is 17.2 Å². The van der Waals surface area contributed by atoms with Crippen LogP contribution >= 0.6 is 0 Å². The third-order valence-corrected chi connectivity index (χ3v) is 6.06. The average molecular weight is 387 g/mol. The number of halogens is 2. The molecule has 1 aliphatic heterocycles. The van der Waals surface area contributed by atoms with Crippen LogP contribution in [-0.4, -0.2) is 46.1 Å². The fourth-order valence-corrected chi connectivity index (χ4v) is 4.80. The van der Waals surface area contributed by atoms with Crippen LogP contribution in [0.15, 0.2) is 42.5 Å². The Labute approximate surface area is 162 Å². The number of fused-ring (bicyclic) bond motifs is 1. The van der Waals surface area contributed by atoms with Gasteiger partial charge in [0.1, 0.15) is 17.4 Å². The summed E-state index contributed by atoms with van der Waals surface area (Å²) in [5, 5.41) is 20.3. The predicted molar refractivity (Wildman–Crippen MR) is 100 cm³/mol. The SMILES string of the molecule is O=C(CN1C[C@@H]2C[C@](O)(Cc3c(F)cccc3F)C[C@@H]2C1)c1ccc(O)cc1. The normalized spacial score (nSPS) is 27.1. The van der Waals surface area contributed by atoms with E-state index in [-0.39, 0.29) is 41.9 Å². The minimum Gasteiger partial charge on any atom is -0.508 e. The minimum atomic E-state index is -1.11. The van der Waals surface area contributed by atoms with Gasteiger partial charge in [0.25, 0.3) is 0 Å². The van der Waals surface area contributed by atoms with Crippen molar-refractivity contribution in [3.63, 3.8) is 0 Å². The van der Waals surface area contributed by atoms with Crippen LogP contribution in [0, 0.1) is 23.5 Å². The molecule has 2 aliphatic rings. The summed E-state index contributed by atoms with van der Waals surface area (Å²) in [6, 6.07) is 9.96. The molecule has 1 saturated heterocycles. The number of hydrogen-bond donors (Lipinski definition) is 2. The summed E-state index contributed by atoms with van der Waals surface area (Å²) in [7, 11) is 0. The second-order valence-corrected chi connectivity index (χ2v) is 8.19. The Balaban J connectivity index is 1.36. The van der Waals surface area contributed by atoms with Gasteiger partial charge < -0.3 is 10.2 Å². The number of benzene rings is 2. The van der Waals surface area contributed by atoms with Crippen LogP contribution in [0.4, 0.5) is 8.78 Å². The standard InChI is InChI=1S/C22H23F2NO3/c23-19-2-1-3-20(24)18(19)10-22(28)8-15-11-25(12-16(15)9-22)13-21(27)14-4-6-17(26)7-5-14/h1-7,15-16,26,28H,8-13H2/t15-,16+,22+. The molecule has 4 nitrogen and oxygen atoms in total. The zero-order valence-corrected chi connectivity index (χ0v) is 15.4. The van der Waals surface area contributed by atoms with Crippen LogP contribution in [0.25, 0.3) is 0 Å². The Morgan fingerprint density at radius 1 is 1.04 bits per heavy atom. The number of carbonyl (C=O) groups excluding carboxylic acids is 1. The minimum absolute atomic E-state index is 0.0105. The van der Waals surface area contributed by atoms with Crippen molar-refractivity contribution in [2.75, 3.05) is 19.6 Å². The number of aromatic hydroxyl groups is 1. The number of nitrogens with zero attached hydrogens (tertiary/aromatic N) is 1. The fraction of sp³-hybridized carbons (Fsp3) is 0.409. The van der Waals surface area contributed by atoms with Crippen molar-refractivity contribution in [3.8, 4) is 5.75 Å². The molecule has 0 spiro atoms. The van der Waals surface area contributed by atoms with Gasteiger partial charge in [-0.1, -0.05) is 6.07 Å². The zero-order chi connectivity index (χ0) is 19.9. The number of ketones is 1. The Morgan fingerprint density at radius 3 is 2.18 bits per heavy atom. The summed E-state index contributed by atoms with van der Waals surface area (Å²) in [5.74, 6) is -0.695. The van der Waals surface area contributed by atoms with Gasteiger partial charge in [0.15, 0.2) is 5.78 Å². The number of rotatable bonds is 5. The number of aliphatic hydroxyl groups is 1. The van der Waals surface area contributed by atoms with E-state index in [0.29, 0.717) is 31.5 Å². The van der Waals surface area contributed by atoms with E-state index in [0.717, 1.165) is 0 Å². The van der Waals surface area contributed by atoms with E-state index in [1.807, 2.05) is 0 Å². The third kappa shape index (κ3) is 3.80. The first-order chi connectivity index (χ1) is 13.3. The van der Waals surface area contributed by atoms with E-state index >= 15 is 0 Å². The van der Waals surface area contributed by atoms with Gasteiger partial charge >= 0.3 is 0 Å². The third-order valence-electron chi connectivity index (χ3n) is 6.06. The molecule has 28 heavy (non-hydrogen) atoms. The first kappa shape index (κ1) is 19.0. The maximum Gasteiger partial charge on any atom is 0.176 e. The fourth-order valence-electron chi connectivity index (χ4n) is 4.80. The number of phenols is 1. The highest BCUT2D eigenvalue weighted by atomic mass is 19.1. The van der Waals surface area contributed by atoms with Gasteiger partial charge in [-0.2, -0.15) is 0 Å². The maximum atomic E-state index is 13.9. The Hall–Kier alpha value is -2.31. The summed E-state index contributed by atoms with van der Waals surface area (Å²) < 4.78 is 27.9. The molecule has 0 radical (unpaired) electrons. The molecule has 148 valence electrons. The highest BCUT2D eigenvalue weighted by Crippen LogP contribution is 2.45. The first-order valence-corrected chi connectivity index (χ1v) is 9.53. The maximum absolute atomic E-state index is 13.9. The molecule has 4 rings (SSSR count). The van der Waals surface area contributed by atoms with Gasteiger partial charge in [-0.3, -0.25) is 9.69 Å². The molecular formula is C22H23F2NO3. The molecule has 0 amide bonds. The van der Waals surface area contributed by atoms with Crippen molar-refractivity contribution in [3.05, 3.63) is 65.2 Å². The van der Waals surface area contributed by atoms with Gasteiger partial charge in [-0.15, -0.1) is 0 Å². The molecule has 3 atom stereocenters. The molecule has 0 bridgehead atoms. The van der Waals surface area contributed by atoms with Gasteiger partial charge in [0, 0.05) is 30.6 Å². The lowest BCUT2D eigenvalue weighted by atomic mass is 9.90. The first-order valence-electron chi connectivity index (χ1n) is 9.53. The molecule has 1 heterocycles. The molecule has 6 heteroatoms. The van der Waals surface area contributed by atoms with Gasteiger partial charge in [-0.25, -0.2) is 8.78 Å². The topological polar surface area (TPSA) is 60.8 Å². The largest absolute Gasteiger partial charge is 0.508 e. The van der Waals surface area contributed by atoms with Gasteiger partial charge in [0.2, 0.25) is 0 Å². The van der Waals surface area contributed by atoms with Crippen molar-refractivity contribution in [1.82, 2.24) is 4.90 Å². The molecule has 0 unspecified atom stereocenters. The second-order valence-electron chi connectivity index (χ2n) is 8.19. The van der Waals surface area contributed by atoms with Crippen LogP contribution in [0.1, 0.15) is 28.8 Å². The molecule has 2 fully saturated rings. The van der Waals surface area contributed by atoms with Crippen LogP contribution in [0.3, 0.4) is 0 Å². The van der Waals surface area contributed by atoms with E-state index in [2.05, 4.69) is 4.90 Å². The molecule has 2 aromatic carbocycles. The van der Waals surface area contributed by atoms with E-state index in [1.54, 1.807) is 12.1 Å². The van der Waals surface area contributed by atoms with Crippen molar-refractivity contribution < 1.29 is 23.8 Å². The monoisotopic (exact) mass is 387 g/mol. The average Bonchev–Trinajstić information content (AvgIpc) is 3.13. The smallest absolute Gasteiger partial charge is 0.176 e. The summed E-state index contributed by atoms with van der Waals surface area (Å²) in [6.45, 7) is 1.67. The number of carbonyl (C=O) groups is 1. The van der Waals surface area contributed by atoms with Crippen molar-refractivity contribution in [1.29, 1.82) is 0 Å². The predicted octanol–water partition coefficient (Wildman–Crippen LogP) is 3.17. The molecule has 0 aromatic heterocycles. The van der Waals surface area contributed by atoms with Crippen LogP contribution < -0.4 is 0 Å². The number of phenolic OH excluding ortho intramolecular Hbond substituents is 1. The summed E-state index contributed by atoms with van der Waals surface area (Å²) in [6.07, 6.45) is 0.940. The van der Waals surface area contributed by atoms with E-state index in [9.17, 15) is 23.8 Å². The molecule has 2 aromatic rings. The quantitative estimate of drug-likeness (QED) is 0.774. The Bertz CT molecular complexity index is 850. The number of Topliss-reactive ketones (excluding diaryl/α,β-unsaturated/α-hetero) is 1. The lowest BCUT2D eigenvalue weighted by Crippen LogP contribution is -2.34. The Morgan fingerprint density at radius 2 is 1.61 bits per heavy atom. The number of likely N-dealkylation sites (tertiary alicyclic amines) is 1. The number of hydrogen-bond acceptors (Lipinski definition) is 4. The van der Waals surface area contributed by atoms with Crippen LogP contribution in [-0.2, 0) is 6.42 Å². The van der Waals surface area contributed by atoms with E-state index in [4.69, 9.17) is 0 Å². The highest BCUT2D eigenvalue weighted by Gasteiger charge is 2.48. The van der Waals surface area contributed by atoms with E-state index in [1.165, 1.54) is 30.3 Å². The second kappa shape index (κ2) is 7.26. The molecular weight excluding hydrogens is 364 g/mol. The van der Waals surface area contributed by atoms with Gasteiger partial charge in [0.05, 0.1) is 12.1 Å². The lowest BCUT2D eigenvalue weighted by molar-refractivity contribution is 0.0339. The summed E-state index contributed by atoms with van der Waals surface area (Å²) >= 11 is 0. The lowest BCUT2D eigenvalue weighted by Gasteiger charge is -2.26. The summed E-state index contributed by atoms with van der Waals surface area (Å²) in [4.78, 5) is 14.5. The highest BCUT2D eigenvalue weighted by molar-refractivity contribution is 5.97. The van der Waals surface area contributed by atoms with Crippen LogP contribution in [0.5, 0.6) is 5.75 Å². The van der Waals surface area contributed by atoms with Gasteiger partial charge in [-0.05, 0) is 61.1 Å². The van der Waals surface area contributed by atoms with Crippen molar-refractivity contribution >= 4 is 5.78 Å². The van der Waals surface area contributed by atoms with Crippen molar-refractivity contribution in [2.24, 2.45) is 11.8 Å². The van der Waals surface area contributed by atoms with Crippen molar-refractivity contribution in [2.45, 2.75) is 24.9 Å². The Kier molecular flexibility index (Phi) is 4.93. The molecule has 1 saturated carbocycles. The summed E-state index contributed by atoms with van der Waals surface area (Å²) in [5.41, 5.74) is -0.600. The molecule has 2 N–H and O–H groups in total. The van der Waals surface area contributed by atoms with Crippen LogP contribution in [0.2, 0.25) is 0 Å².